The van der Waals surface area contributed by atoms with Gasteiger partial charge in [0.15, 0.2) is 0 Å². The minimum absolute atomic E-state index is 0.767. The van der Waals surface area contributed by atoms with E-state index in [0.29, 0.717) is 0 Å². The topological polar surface area (TPSA) is 30.4 Å². The van der Waals surface area contributed by atoms with E-state index < -0.39 is 0 Å². The van der Waals surface area contributed by atoms with Crippen LogP contribution in [0.1, 0.15) is 5.56 Å². The lowest BCUT2D eigenvalue weighted by Gasteiger charge is -2.05. The predicted molar refractivity (Wildman–Crippen MR) is 77.0 cm³/mol. The van der Waals surface area contributed by atoms with Crippen LogP contribution in [0, 0.1) is 6.92 Å². The van der Waals surface area contributed by atoms with Gasteiger partial charge < -0.3 is 10.1 Å². The van der Waals surface area contributed by atoms with Gasteiger partial charge in [-0.25, -0.2) is 0 Å². The third kappa shape index (κ3) is 1.57. The van der Waals surface area contributed by atoms with E-state index in [9.17, 15) is 0 Å². The van der Waals surface area contributed by atoms with Gasteiger partial charge in [-0.05, 0) is 42.3 Å². The average Bonchev–Trinajstić information content (AvgIpc) is 2.64. The van der Waals surface area contributed by atoms with E-state index >= 15 is 0 Å². The fourth-order valence-electron chi connectivity index (χ4n) is 2.29. The monoisotopic (exact) mass is 256 g/mol. The molecule has 3 aromatic rings. The normalized spacial score (nSPS) is 11.0. The zero-order valence-corrected chi connectivity index (χ0v) is 10.8. The van der Waals surface area contributed by atoms with E-state index in [1.807, 2.05) is 55.6 Å². The lowest BCUT2D eigenvalue weighted by Crippen LogP contribution is -1.89. The molecule has 2 nitrogen and oxygen atoms in total. The molecule has 0 aliphatic carbocycles. The second-order valence-corrected chi connectivity index (χ2v) is 4.74. The summed E-state index contributed by atoms with van der Waals surface area (Å²) in [5.41, 5.74) is 10.9. The van der Waals surface area contributed by atoms with E-state index in [1.165, 1.54) is 0 Å². The van der Waals surface area contributed by atoms with Gasteiger partial charge in [-0.2, -0.15) is 0 Å². The summed E-state index contributed by atoms with van der Waals surface area (Å²) in [6.45, 7) is 2.04. The van der Waals surface area contributed by atoms with Crippen LogP contribution in [-0.2, 0) is 0 Å². The predicted octanol–water partition coefficient (Wildman–Crippen LogP) is 4.15. The molecule has 0 saturated heterocycles. The van der Waals surface area contributed by atoms with E-state index in [2.05, 4.69) is 4.40 Å². The number of nitrogens with zero attached hydrogens (tertiary/aromatic N) is 1. The highest BCUT2D eigenvalue weighted by atomic mass is 35.5. The maximum atomic E-state index is 6.38. The minimum Gasteiger partial charge on any atom is -0.399 e. The summed E-state index contributed by atoms with van der Waals surface area (Å²) in [5, 5.41) is 0.808. The summed E-state index contributed by atoms with van der Waals surface area (Å²) >= 11 is 6.38. The van der Waals surface area contributed by atoms with Crippen LogP contribution >= 0.6 is 11.6 Å². The van der Waals surface area contributed by atoms with Crippen LogP contribution < -0.4 is 5.73 Å². The second kappa shape index (κ2) is 4.07. The van der Waals surface area contributed by atoms with Gasteiger partial charge in [0.25, 0.3) is 0 Å². The van der Waals surface area contributed by atoms with Crippen LogP contribution in [0.2, 0.25) is 5.02 Å². The van der Waals surface area contributed by atoms with Crippen molar-refractivity contribution < 1.29 is 0 Å². The van der Waals surface area contributed by atoms with Gasteiger partial charge in [-0.15, -0.1) is 0 Å². The Morgan fingerprint density at radius 3 is 2.50 bits per heavy atom. The average molecular weight is 257 g/mol. The summed E-state index contributed by atoms with van der Waals surface area (Å²) in [6, 6.07) is 13.9. The molecule has 0 amide bonds. The smallest absolute Gasteiger partial charge is 0.0696 e. The molecule has 0 unspecified atom stereocenters. The fourth-order valence-corrected chi connectivity index (χ4v) is 2.53. The van der Waals surface area contributed by atoms with Crippen molar-refractivity contribution in [2.24, 2.45) is 0 Å². The Bertz CT molecular complexity index is 711. The number of fused-ring (bicyclic) bond motifs is 1. The molecule has 2 heterocycles. The van der Waals surface area contributed by atoms with E-state index in [-0.39, 0.29) is 0 Å². The molecule has 1 aromatic carbocycles. The van der Waals surface area contributed by atoms with Crippen LogP contribution in [-0.4, -0.2) is 4.40 Å². The summed E-state index contributed by atoms with van der Waals surface area (Å²) in [4.78, 5) is 0. The number of hydrogen-bond acceptors (Lipinski definition) is 1. The maximum Gasteiger partial charge on any atom is 0.0696 e. The third-order valence-corrected chi connectivity index (χ3v) is 3.67. The first-order valence-corrected chi connectivity index (χ1v) is 6.17. The van der Waals surface area contributed by atoms with Crippen molar-refractivity contribution in [2.45, 2.75) is 6.92 Å². The van der Waals surface area contributed by atoms with Crippen LogP contribution in [0.5, 0.6) is 0 Å². The van der Waals surface area contributed by atoms with Crippen LogP contribution in [0.4, 0.5) is 5.69 Å². The Kier molecular flexibility index (Phi) is 2.53. The zero-order valence-electron chi connectivity index (χ0n) is 10.0. The zero-order chi connectivity index (χ0) is 12.7. The Balaban J connectivity index is 2.35. The number of aromatic nitrogens is 1. The molecule has 0 bridgehead atoms. The van der Waals surface area contributed by atoms with Gasteiger partial charge in [0.05, 0.1) is 16.2 Å². The van der Waals surface area contributed by atoms with Crippen molar-refractivity contribution in [1.29, 1.82) is 0 Å². The summed E-state index contributed by atoms with van der Waals surface area (Å²) in [5.74, 6) is 0. The lowest BCUT2D eigenvalue weighted by molar-refractivity contribution is 1.19. The quantitative estimate of drug-likeness (QED) is 0.652. The van der Waals surface area contributed by atoms with Gasteiger partial charge in [-0.3, -0.25) is 0 Å². The number of pyridine rings is 1. The largest absolute Gasteiger partial charge is 0.399 e. The molecule has 18 heavy (non-hydrogen) atoms. The summed E-state index contributed by atoms with van der Waals surface area (Å²) in [7, 11) is 0. The van der Waals surface area contributed by atoms with Crippen LogP contribution in [0.15, 0.2) is 48.7 Å². The summed E-state index contributed by atoms with van der Waals surface area (Å²) in [6.07, 6.45) is 2.03. The number of halogens is 1. The first-order chi connectivity index (χ1) is 8.68. The number of nitrogen functional groups attached to an aromatic ring is 1. The van der Waals surface area contributed by atoms with Gasteiger partial charge in [0, 0.05) is 11.9 Å². The van der Waals surface area contributed by atoms with Crippen molar-refractivity contribution in [3.05, 3.63) is 59.2 Å². The first-order valence-electron chi connectivity index (χ1n) is 5.79. The molecular formula is C15H13ClN2. The first kappa shape index (κ1) is 11.2. The molecule has 0 aliphatic heterocycles. The Labute approximate surface area is 111 Å². The van der Waals surface area contributed by atoms with Crippen molar-refractivity contribution in [3.8, 4) is 11.3 Å². The number of anilines is 1. The molecule has 0 fully saturated rings. The van der Waals surface area contributed by atoms with Gasteiger partial charge in [-0.1, -0.05) is 29.8 Å². The molecule has 3 rings (SSSR count). The molecule has 0 radical (unpaired) electrons. The van der Waals surface area contributed by atoms with Gasteiger partial charge in [0.2, 0.25) is 0 Å². The molecule has 0 spiro atoms. The maximum absolute atomic E-state index is 6.38. The number of benzene rings is 1. The van der Waals surface area contributed by atoms with Crippen LogP contribution in [0.25, 0.3) is 16.8 Å². The number of nitrogens with two attached hydrogens (primary N) is 1. The fraction of sp³-hybridized carbons (Fsp3) is 0.0667. The Hall–Kier alpha value is -1.93. The molecule has 0 saturated carbocycles. The Morgan fingerprint density at radius 1 is 1.06 bits per heavy atom. The molecular weight excluding hydrogens is 244 g/mol. The molecule has 2 N–H and O–H groups in total. The van der Waals surface area contributed by atoms with Crippen LogP contribution in [0.3, 0.4) is 0 Å². The van der Waals surface area contributed by atoms with Crippen molar-refractivity contribution in [3.63, 3.8) is 0 Å². The van der Waals surface area contributed by atoms with E-state index in [1.54, 1.807) is 0 Å². The molecule has 3 heteroatoms. The standard InChI is InChI=1S/C15H13ClN2/c1-10-14(16)13-4-2-3-9-18(13)15(10)11-5-7-12(17)8-6-11/h2-9H,17H2,1H3. The SMILES string of the molecule is Cc1c(Cl)c2ccccn2c1-c1ccc(N)cc1. The van der Waals surface area contributed by atoms with Crippen molar-refractivity contribution in [2.75, 3.05) is 5.73 Å². The molecule has 0 aliphatic rings. The van der Waals surface area contributed by atoms with E-state index in [0.717, 1.165) is 33.0 Å². The van der Waals surface area contributed by atoms with Crippen molar-refractivity contribution in [1.82, 2.24) is 4.40 Å². The van der Waals surface area contributed by atoms with Gasteiger partial charge in [0.1, 0.15) is 0 Å². The van der Waals surface area contributed by atoms with Crippen molar-refractivity contribution >= 4 is 22.8 Å². The highest BCUT2D eigenvalue weighted by Gasteiger charge is 2.14. The van der Waals surface area contributed by atoms with E-state index in [4.69, 9.17) is 17.3 Å². The highest BCUT2D eigenvalue weighted by Crippen LogP contribution is 2.34. The van der Waals surface area contributed by atoms with Gasteiger partial charge >= 0.3 is 0 Å². The second-order valence-electron chi connectivity index (χ2n) is 4.37. The molecule has 0 atom stereocenters. The summed E-state index contributed by atoms with van der Waals surface area (Å²) < 4.78 is 2.11. The molecule has 2 aromatic heterocycles. The number of hydrogen-bond donors (Lipinski definition) is 1. The molecule has 90 valence electrons. The Morgan fingerprint density at radius 2 is 1.78 bits per heavy atom. The highest BCUT2D eigenvalue weighted by molar-refractivity contribution is 6.35. The third-order valence-electron chi connectivity index (χ3n) is 3.19. The lowest BCUT2D eigenvalue weighted by atomic mass is 10.1. The minimum atomic E-state index is 0.767. The number of rotatable bonds is 1.